The predicted molar refractivity (Wildman–Crippen MR) is 117 cm³/mol. The SMILES string of the molecule is CC(C)C(=O)c1cc(Br)ccc1O.C[CH-]C.N#Cc1cc(Br)ccc1O.[Cl-].[Mg+2]. The van der Waals surface area contributed by atoms with Crippen LogP contribution in [0.25, 0.3) is 0 Å². The topological polar surface area (TPSA) is 81.3 Å². The van der Waals surface area contributed by atoms with E-state index >= 15 is 0 Å². The Morgan fingerprint density at radius 2 is 1.46 bits per heavy atom. The molecule has 148 valence electrons. The van der Waals surface area contributed by atoms with E-state index in [0.717, 1.165) is 8.95 Å². The fourth-order valence-corrected chi connectivity index (χ4v) is 2.34. The number of nitriles is 1. The first-order valence-corrected chi connectivity index (χ1v) is 9.41. The number of halogens is 3. The smallest absolute Gasteiger partial charge is 1.00 e. The van der Waals surface area contributed by atoms with Crippen LogP contribution in [0.2, 0.25) is 0 Å². The van der Waals surface area contributed by atoms with Gasteiger partial charge in [-0.05, 0) is 36.4 Å². The van der Waals surface area contributed by atoms with Crippen LogP contribution in [0.15, 0.2) is 45.3 Å². The van der Waals surface area contributed by atoms with Crippen LogP contribution in [0.4, 0.5) is 0 Å². The van der Waals surface area contributed by atoms with E-state index in [1.807, 2.05) is 40.2 Å². The number of ketones is 1. The van der Waals surface area contributed by atoms with E-state index in [-0.39, 0.29) is 64.2 Å². The van der Waals surface area contributed by atoms with Crippen LogP contribution >= 0.6 is 31.9 Å². The van der Waals surface area contributed by atoms with Crippen molar-refractivity contribution in [3.8, 4) is 17.6 Å². The van der Waals surface area contributed by atoms with Crippen LogP contribution < -0.4 is 12.4 Å². The van der Waals surface area contributed by atoms with Gasteiger partial charge in [-0.3, -0.25) is 4.79 Å². The first-order chi connectivity index (χ1) is 12.2. The van der Waals surface area contributed by atoms with Gasteiger partial charge in [-0.25, -0.2) is 0 Å². The molecular weight excluding hydrogens is 522 g/mol. The summed E-state index contributed by atoms with van der Waals surface area (Å²) in [7, 11) is 0. The average Bonchev–Trinajstić information content (AvgIpc) is 2.59. The molecule has 0 aliphatic heterocycles. The number of carbonyl (C=O) groups is 1. The molecule has 0 saturated heterocycles. The zero-order chi connectivity index (χ0) is 20.3. The van der Waals surface area contributed by atoms with Crippen molar-refractivity contribution in [2.24, 2.45) is 5.92 Å². The maximum absolute atomic E-state index is 11.5. The fraction of sp³-hybridized carbons (Fsp3) is 0.250. The van der Waals surface area contributed by atoms with Crippen LogP contribution in [0.5, 0.6) is 11.5 Å². The van der Waals surface area contributed by atoms with E-state index in [1.54, 1.807) is 24.3 Å². The molecule has 4 nitrogen and oxygen atoms in total. The van der Waals surface area contributed by atoms with Crippen molar-refractivity contribution in [3.05, 3.63) is 62.9 Å². The summed E-state index contributed by atoms with van der Waals surface area (Å²) in [5.74, 6) is -0.0772. The number of rotatable bonds is 2. The number of carbonyl (C=O) groups excluding carboxylic acids is 1. The van der Waals surface area contributed by atoms with Crippen molar-refractivity contribution in [1.82, 2.24) is 0 Å². The molecule has 0 saturated carbocycles. The van der Waals surface area contributed by atoms with Crippen molar-refractivity contribution < 1.29 is 27.4 Å². The van der Waals surface area contributed by atoms with Gasteiger partial charge in [-0.15, -0.1) is 0 Å². The summed E-state index contributed by atoms with van der Waals surface area (Å²) in [6.45, 7) is 7.62. The van der Waals surface area contributed by atoms with Gasteiger partial charge in [0.1, 0.15) is 17.6 Å². The second-order valence-electron chi connectivity index (χ2n) is 5.53. The summed E-state index contributed by atoms with van der Waals surface area (Å²) in [5, 5.41) is 26.8. The molecule has 0 atom stereocenters. The second kappa shape index (κ2) is 17.1. The molecule has 2 aromatic rings. The minimum atomic E-state index is -0.0970. The third-order valence-electron chi connectivity index (χ3n) is 2.83. The predicted octanol–water partition coefficient (Wildman–Crippen LogP) is 2.87. The number of aromatic hydroxyl groups is 2. The molecule has 2 rings (SSSR count). The molecule has 2 aromatic carbocycles. The van der Waals surface area contributed by atoms with Gasteiger partial charge in [-0.2, -0.15) is 19.1 Å². The summed E-state index contributed by atoms with van der Waals surface area (Å²) in [5.41, 5.74) is 0.666. The molecule has 0 spiro atoms. The molecule has 0 aromatic heterocycles. The Bertz CT molecular complexity index is 781. The minimum absolute atomic E-state index is 0. The van der Waals surface area contributed by atoms with E-state index < -0.39 is 0 Å². The molecule has 0 radical (unpaired) electrons. The number of phenols is 2. The molecule has 0 amide bonds. The monoisotopic (exact) mass is 541 g/mol. The molecule has 0 bridgehead atoms. The molecule has 0 aliphatic rings. The molecule has 8 heteroatoms. The summed E-state index contributed by atoms with van der Waals surface area (Å²) in [6.07, 6.45) is 2.00. The molecule has 0 fully saturated rings. The Labute approximate surface area is 206 Å². The van der Waals surface area contributed by atoms with Crippen molar-refractivity contribution in [2.75, 3.05) is 0 Å². The van der Waals surface area contributed by atoms with Crippen LogP contribution in [-0.2, 0) is 0 Å². The Morgan fingerprint density at radius 1 is 1.04 bits per heavy atom. The molecule has 28 heavy (non-hydrogen) atoms. The van der Waals surface area contributed by atoms with E-state index in [0.29, 0.717) is 5.56 Å². The van der Waals surface area contributed by atoms with E-state index in [4.69, 9.17) is 10.4 Å². The normalized spacial score (nSPS) is 8.64. The molecule has 2 N–H and O–H groups in total. The standard InChI is InChI=1S/C10H11BrO2.C7H4BrNO.C3H7.ClH.Mg/c1-6(2)10(13)8-5-7(11)3-4-9(8)12;8-6-1-2-7(10)5(3-6)4-9;1-3-2;;/h3-6,12H,1-2H3;1-3,10H;3H,1-2H3;1H;/q;;-1;;+2/p-1. The van der Waals surface area contributed by atoms with Gasteiger partial charge in [-0.1, -0.05) is 45.7 Å². The van der Waals surface area contributed by atoms with Crippen molar-refractivity contribution in [3.63, 3.8) is 0 Å². The first kappa shape index (κ1) is 31.9. The van der Waals surface area contributed by atoms with Crippen molar-refractivity contribution in [2.45, 2.75) is 27.7 Å². The van der Waals surface area contributed by atoms with Gasteiger partial charge in [0.2, 0.25) is 0 Å². The van der Waals surface area contributed by atoms with Crippen LogP contribution in [0, 0.1) is 23.7 Å². The summed E-state index contributed by atoms with van der Waals surface area (Å²) >= 11 is 6.43. The zero-order valence-corrected chi connectivity index (χ0v) is 21.6. The number of nitrogens with zero attached hydrogens (tertiary/aromatic N) is 1. The summed E-state index contributed by atoms with van der Waals surface area (Å²) < 4.78 is 1.59. The number of hydrogen-bond donors (Lipinski definition) is 2. The van der Waals surface area contributed by atoms with Gasteiger partial charge >= 0.3 is 23.1 Å². The largest absolute Gasteiger partial charge is 2.00 e. The van der Waals surface area contributed by atoms with E-state index in [9.17, 15) is 9.90 Å². The van der Waals surface area contributed by atoms with Crippen LogP contribution in [-0.4, -0.2) is 39.0 Å². The maximum atomic E-state index is 11.5. The molecule has 0 heterocycles. The molecule has 0 unspecified atom stereocenters. The van der Waals surface area contributed by atoms with E-state index in [2.05, 4.69) is 31.9 Å². The third-order valence-corrected chi connectivity index (χ3v) is 3.81. The Morgan fingerprint density at radius 3 is 1.86 bits per heavy atom. The van der Waals surface area contributed by atoms with Crippen LogP contribution in [0.1, 0.15) is 43.6 Å². The third kappa shape index (κ3) is 11.9. The van der Waals surface area contributed by atoms with Crippen molar-refractivity contribution >= 4 is 60.7 Å². The number of hydrogen-bond acceptors (Lipinski definition) is 4. The average molecular weight is 544 g/mol. The zero-order valence-electron chi connectivity index (χ0n) is 16.2. The van der Waals surface area contributed by atoms with Gasteiger partial charge in [0, 0.05) is 14.9 Å². The first-order valence-electron chi connectivity index (χ1n) is 7.83. The Hall–Kier alpha value is -0.784. The Kier molecular flexibility index (Phi) is 19.5. The van der Waals surface area contributed by atoms with Gasteiger partial charge in [0.25, 0.3) is 0 Å². The van der Waals surface area contributed by atoms with E-state index in [1.165, 1.54) is 12.1 Å². The summed E-state index contributed by atoms with van der Waals surface area (Å²) in [6, 6.07) is 11.4. The summed E-state index contributed by atoms with van der Waals surface area (Å²) in [4.78, 5) is 11.5. The quantitative estimate of drug-likeness (QED) is 0.347. The second-order valence-corrected chi connectivity index (χ2v) is 7.36. The fourth-order valence-electron chi connectivity index (χ4n) is 1.61. The Balaban J connectivity index is -0.000000376. The molecular formula is C20H22Br2ClMgNO3. The van der Waals surface area contributed by atoms with Gasteiger partial charge in [0.05, 0.1) is 11.1 Å². The maximum Gasteiger partial charge on any atom is 2.00 e. The molecule has 0 aliphatic carbocycles. The van der Waals surface area contributed by atoms with Crippen molar-refractivity contribution in [1.29, 1.82) is 5.26 Å². The minimum Gasteiger partial charge on any atom is -1.00 e. The van der Waals surface area contributed by atoms with Gasteiger partial charge < -0.3 is 29.0 Å². The van der Waals surface area contributed by atoms with Crippen LogP contribution in [0.3, 0.4) is 0 Å². The number of phenolic OH excluding ortho intramolecular Hbond substituents is 2. The van der Waals surface area contributed by atoms with Gasteiger partial charge in [0.15, 0.2) is 5.78 Å². The number of benzene rings is 2. The number of Topliss-reactive ketones (excluding diaryl/α,β-unsaturated/α-hetero) is 1.